The molecule has 27 heavy (non-hydrogen) atoms. The average molecular weight is 412 g/mol. The Bertz CT molecular complexity index is 979. The van der Waals surface area contributed by atoms with E-state index in [0.29, 0.717) is 22.9 Å². The molecule has 1 amide bonds. The van der Waals surface area contributed by atoms with E-state index in [4.69, 9.17) is 16.3 Å². The van der Waals surface area contributed by atoms with Crippen molar-refractivity contribution in [1.82, 2.24) is 19.9 Å². The lowest BCUT2D eigenvalue weighted by Crippen LogP contribution is -2.62. The number of thioether (sulfide) groups is 1. The zero-order valence-corrected chi connectivity index (χ0v) is 15.8. The van der Waals surface area contributed by atoms with Gasteiger partial charge in [0.2, 0.25) is 5.88 Å². The zero-order valence-electron chi connectivity index (χ0n) is 14.2. The second-order valence-corrected chi connectivity index (χ2v) is 7.93. The highest BCUT2D eigenvalue weighted by Crippen LogP contribution is 2.43. The standard InChI is InChI=1S/C16H15ClFN5O3S/c1-27-15-19-11-9-13(21-15)22-4-6-2-3-7(23(6)16(24)25)8(22)5-26-14(9)20-12(17)10(11)18/h6-8H,2-5H2,1H3,(H,24,25). The van der Waals surface area contributed by atoms with Gasteiger partial charge in [0.1, 0.15) is 23.3 Å². The van der Waals surface area contributed by atoms with Gasteiger partial charge in [0.15, 0.2) is 16.1 Å². The molecule has 3 atom stereocenters. The van der Waals surface area contributed by atoms with Crippen LogP contribution in [0.1, 0.15) is 12.8 Å². The maximum Gasteiger partial charge on any atom is 0.407 e. The predicted molar refractivity (Wildman–Crippen MR) is 97.4 cm³/mol. The summed E-state index contributed by atoms with van der Waals surface area (Å²) in [6.45, 7) is 0.691. The smallest absolute Gasteiger partial charge is 0.407 e. The summed E-state index contributed by atoms with van der Waals surface area (Å²) in [4.78, 5) is 28.2. The van der Waals surface area contributed by atoms with Crippen molar-refractivity contribution in [2.24, 2.45) is 0 Å². The minimum Gasteiger partial charge on any atom is -0.475 e. The molecule has 8 nitrogen and oxygen atoms in total. The van der Waals surface area contributed by atoms with Gasteiger partial charge < -0.3 is 14.7 Å². The molecule has 2 aromatic heterocycles. The van der Waals surface area contributed by atoms with Crippen molar-refractivity contribution in [1.29, 1.82) is 0 Å². The Kier molecular flexibility index (Phi) is 3.77. The number of hydrogen-bond donors (Lipinski definition) is 1. The second kappa shape index (κ2) is 5.96. The van der Waals surface area contributed by atoms with E-state index in [2.05, 4.69) is 15.0 Å². The molecule has 3 aliphatic heterocycles. The Morgan fingerprint density at radius 2 is 2.15 bits per heavy atom. The van der Waals surface area contributed by atoms with Crippen LogP contribution in [0.4, 0.5) is 15.0 Å². The van der Waals surface area contributed by atoms with Crippen LogP contribution < -0.4 is 9.64 Å². The minimum atomic E-state index is -0.922. The number of hydrogen-bond acceptors (Lipinski definition) is 7. The lowest BCUT2D eigenvalue weighted by atomic mass is 10.0. The van der Waals surface area contributed by atoms with E-state index in [0.717, 1.165) is 12.8 Å². The van der Waals surface area contributed by atoms with Crippen LogP contribution >= 0.6 is 23.4 Å². The molecule has 0 aliphatic carbocycles. The number of pyridine rings is 1. The largest absolute Gasteiger partial charge is 0.475 e. The maximum absolute atomic E-state index is 14.7. The molecular formula is C16H15ClFN5O3S. The SMILES string of the molecule is CSc1nc2c3c(nc(Cl)c(F)c3n1)OCC1C3CCC(CN21)N3C(=O)O. The first-order chi connectivity index (χ1) is 13.0. The summed E-state index contributed by atoms with van der Waals surface area (Å²) in [5, 5.41) is 10.1. The Hall–Kier alpha value is -2.07. The average Bonchev–Trinajstić information content (AvgIpc) is 2.90. The molecule has 5 heterocycles. The van der Waals surface area contributed by atoms with Crippen molar-refractivity contribution < 1.29 is 19.0 Å². The minimum absolute atomic E-state index is 0.0769. The molecule has 2 bridgehead atoms. The monoisotopic (exact) mass is 411 g/mol. The molecule has 2 fully saturated rings. The number of carboxylic acid groups (broad SMARTS) is 1. The van der Waals surface area contributed by atoms with Crippen LogP contribution in [0.2, 0.25) is 5.15 Å². The van der Waals surface area contributed by atoms with Crippen LogP contribution in [0.25, 0.3) is 10.9 Å². The second-order valence-electron chi connectivity index (χ2n) is 6.80. The number of anilines is 1. The first kappa shape index (κ1) is 17.1. The van der Waals surface area contributed by atoms with Gasteiger partial charge >= 0.3 is 6.09 Å². The molecule has 2 saturated heterocycles. The maximum atomic E-state index is 14.7. The summed E-state index contributed by atoms with van der Waals surface area (Å²) < 4.78 is 20.5. The number of halogens is 2. The van der Waals surface area contributed by atoms with Gasteiger partial charge in [-0.3, -0.25) is 4.90 Å². The molecule has 0 aromatic carbocycles. The third-order valence-electron chi connectivity index (χ3n) is 5.54. The van der Waals surface area contributed by atoms with E-state index in [9.17, 15) is 14.3 Å². The van der Waals surface area contributed by atoms with Gasteiger partial charge in [-0.05, 0) is 19.1 Å². The van der Waals surface area contributed by atoms with Gasteiger partial charge in [0, 0.05) is 6.54 Å². The molecule has 1 N–H and O–H groups in total. The fraction of sp³-hybridized carbons (Fsp3) is 0.500. The Labute approximate surface area is 162 Å². The molecule has 2 aromatic rings. The van der Waals surface area contributed by atoms with E-state index >= 15 is 0 Å². The first-order valence-corrected chi connectivity index (χ1v) is 10.1. The van der Waals surface area contributed by atoms with Crippen LogP contribution in [0.15, 0.2) is 5.16 Å². The van der Waals surface area contributed by atoms with E-state index in [1.165, 1.54) is 16.7 Å². The first-order valence-electron chi connectivity index (χ1n) is 8.51. The van der Waals surface area contributed by atoms with Crippen molar-refractivity contribution in [3.05, 3.63) is 11.0 Å². The number of nitrogens with zero attached hydrogens (tertiary/aromatic N) is 5. The van der Waals surface area contributed by atoms with Crippen molar-refractivity contribution in [2.75, 3.05) is 24.3 Å². The van der Waals surface area contributed by atoms with E-state index < -0.39 is 11.9 Å². The number of rotatable bonds is 1. The third-order valence-corrected chi connectivity index (χ3v) is 6.33. The van der Waals surface area contributed by atoms with E-state index in [1.54, 1.807) is 0 Å². The van der Waals surface area contributed by atoms with Gasteiger partial charge in [-0.1, -0.05) is 23.4 Å². The summed E-state index contributed by atoms with van der Waals surface area (Å²) in [6, 6.07) is -0.569. The Morgan fingerprint density at radius 3 is 2.89 bits per heavy atom. The highest BCUT2D eigenvalue weighted by Gasteiger charge is 2.50. The van der Waals surface area contributed by atoms with Crippen LogP contribution in [0.3, 0.4) is 0 Å². The normalized spacial score (nSPS) is 26.0. The van der Waals surface area contributed by atoms with Gasteiger partial charge in [-0.2, -0.15) is 4.98 Å². The summed E-state index contributed by atoms with van der Waals surface area (Å²) >= 11 is 7.25. The van der Waals surface area contributed by atoms with Crippen molar-refractivity contribution in [2.45, 2.75) is 36.1 Å². The summed E-state index contributed by atoms with van der Waals surface area (Å²) in [6.07, 6.45) is 2.43. The van der Waals surface area contributed by atoms with Gasteiger partial charge in [-0.25, -0.2) is 19.2 Å². The molecule has 5 rings (SSSR count). The lowest BCUT2D eigenvalue weighted by Gasteiger charge is -2.45. The van der Waals surface area contributed by atoms with Crippen LogP contribution in [0.5, 0.6) is 5.88 Å². The van der Waals surface area contributed by atoms with Crippen LogP contribution in [0, 0.1) is 5.82 Å². The molecule has 3 unspecified atom stereocenters. The van der Waals surface area contributed by atoms with E-state index in [1.807, 2.05) is 11.2 Å². The van der Waals surface area contributed by atoms with Crippen LogP contribution in [-0.2, 0) is 0 Å². The molecule has 3 aliphatic rings. The lowest BCUT2D eigenvalue weighted by molar-refractivity contribution is 0.0908. The highest BCUT2D eigenvalue weighted by molar-refractivity contribution is 7.98. The van der Waals surface area contributed by atoms with Gasteiger partial charge in [0.25, 0.3) is 0 Å². The van der Waals surface area contributed by atoms with Crippen LogP contribution in [-0.4, -0.2) is 68.6 Å². The molecule has 142 valence electrons. The predicted octanol–water partition coefficient (Wildman–Crippen LogP) is 2.63. The third kappa shape index (κ3) is 2.35. The molecular weight excluding hydrogens is 397 g/mol. The van der Waals surface area contributed by atoms with Crippen molar-refractivity contribution in [3.8, 4) is 5.88 Å². The number of amides is 1. The number of fused-ring (bicyclic) bond motifs is 5. The van der Waals surface area contributed by atoms with Crippen molar-refractivity contribution in [3.63, 3.8) is 0 Å². The summed E-state index contributed by atoms with van der Waals surface area (Å²) in [5.74, 6) is 0.0154. The number of piperazine rings is 1. The zero-order chi connectivity index (χ0) is 18.9. The fourth-order valence-electron chi connectivity index (χ4n) is 4.43. The van der Waals surface area contributed by atoms with Crippen molar-refractivity contribution >= 4 is 46.2 Å². The number of carbonyl (C=O) groups is 1. The van der Waals surface area contributed by atoms with E-state index in [-0.39, 0.29) is 41.3 Å². The quantitative estimate of drug-likeness (QED) is 0.435. The van der Waals surface area contributed by atoms with Gasteiger partial charge in [-0.15, -0.1) is 0 Å². The highest BCUT2D eigenvalue weighted by atomic mass is 35.5. The fourth-order valence-corrected chi connectivity index (χ4v) is 4.95. The Balaban J connectivity index is 1.73. The Morgan fingerprint density at radius 1 is 1.33 bits per heavy atom. The molecule has 11 heteroatoms. The summed E-state index contributed by atoms with van der Waals surface area (Å²) in [5.41, 5.74) is 0.0769. The number of ether oxygens (including phenoxy) is 1. The molecule has 0 spiro atoms. The van der Waals surface area contributed by atoms with Gasteiger partial charge in [0.05, 0.1) is 18.1 Å². The summed E-state index contributed by atoms with van der Waals surface area (Å²) in [7, 11) is 0. The topological polar surface area (TPSA) is 91.7 Å². The molecule has 0 radical (unpaired) electrons. The number of aromatic nitrogens is 3. The molecule has 0 saturated carbocycles.